The Morgan fingerprint density at radius 2 is 2.07 bits per heavy atom. The molecule has 80 valence electrons. The third-order valence-corrected chi connectivity index (χ3v) is 3.16. The van der Waals surface area contributed by atoms with E-state index in [1.807, 2.05) is 12.1 Å². The Hall–Kier alpha value is -1.31. The fourth-order valence-corrected chi connectivity index (χ4v) is 2.10. The lowest BCUT2D eigenvalue weighted by molar-refractivity contribution is -0.116. The van der Waals surface area contributed by atoms with Crippen LogP contribution in [-0.4, -0.2) is 5.91 Å². The van der Waals surface area contributed by atoms with Crippen LogP contribution in [0, 0.1) is 6.92 Å². The van der Waals surface area contributed by atoms with Crippen LogP contribution < -0.4 is 5.32 Å². The van der Waals surface area contributed by atoms with E-state index < -0.39 is 0 Å². The number of hydrogen-bond acceptors (Lipinski definition) is 1. The molecular weight excluding hydrogens is 186 g/mol. The minimum atomic E-state index is 0.0838. The van der Waals surface area contributed by atoms with Gasteiger partial charge in [-0.2, -0.15) is 0 Å². The summed E-state index contributed by atoms with van der Waals surface area (Å²) in [6, 6.07) is 6.23. The Kier molecular flexibility index (Phi) is 2.29. The predicted octanol–water partition coefficient (Wildman–Crippen LogP) is 3.00. The molecule has 1 amide bonds. The summed E-state index contributed by atoms with van der Waals surface area (Å²) in [6.07, 6.45) is 1.52. The van der Waals surface area contributed by atoms with Crippen LogP contribution in [0.1, 0.15) is 37.8 Å². The second-order valence-electron chi connectivity index (χ2n) is 4.98. The molecule has 0 saturated carbocycles. The largest absolute Gasteiger partial charge is 0.326 e. The van der Waals surface area contributed by atoms with Crippen LogP contribution in [-0.2, 0) is 10.2 Å². The maximum Gasteiger partial charge on any atom is 0.224 e. The Morgan fingerprint density at radius 3 is 2.80 bits per heavy atom. The summed E-state index contributed by atoms with van der Waals surface area (Å²) in [7, 11) is 0. The van der Waals surface area contributed by atoms with Crippen molar-refractivity contribution in [2.75, 3.05) is 5.32 Å². The van der Waals surface area contributed by atoms with Gasteiger partial charge in [0.05, 0.1) is 0 Å². The monoisotopic (exact) mass is 203 g/mol. The molecule has 0 atom stereocenters. The molecule has 2 heteroatoms. The Labute approximate surface area is 90.7 Å². The number of benzene rings is 1. The SMILES string of the molecule is Cc1ccc2c(c1)C(C)(C)CCC(=O)N2. The van der Waals surface area contributed by atoms with Crippen LogP contribution in [0.4, 0.5) is 5.69 Å². The Balaban J connectivity index is 2.56. The molecule has 15 heavy (non-hydrogen) atoms. The highest BCUT2D eigenvalue weighted by Crippen LogP contribution is 2.36. The summed E-state index contributed by atoms with van der Waals surface area (Å²) in [6.45, 7) is 6.49. The van der Waals surface area contributed by atoms with E-state index in [-0.39, 0.29) is 11.3 Å². The molecule has 0 aliphatic carbocycles. The van der Waals surface area contributed by atoms with Gasteiger partial charge in [-0.1, -0.05) is 31.5 Å². The third kappa shape index (κ3) is 1.89. The first-order valence-electron chi connectivity index (χ1n) is 5.40. The summed E-state index contributed by atoms with van der Waals surface area (Å²) in [5.41, 5.74) is 3.57. The van der Waals surface area contributed by atoms with E-state index >= 15 is 0 Å². The molecular formula is C13H17NO. The van der Waals surface area contributed by atoms with E-state index in [0.29, 0.717) is 6.42 Å². The number of amides is 1. The second-order valence-corrected chi connectivity index (χ2v) is 4.98. The van der Waals surface area contributed by atoms with Gasteiger partial charge >= 0.3 is 0 Å². The molecule has 0 unspecified atom stereocenters. The second kappa shape index (κ2) is 3.37. The predicted molar refractivity (Wildman–Crippen MR) is 62.1 cm³/mol. The Bertz CT molecular complexity index is 407. The fourth-order valence-electron chi connectivity index (χ4n) is 2.10. The summed E-state index contributed by atoms with van der Waals surface area (Å²) < 4.78 is 0. The Morgan fingerprint density at radius 1 is 1.33 bits per heavy atom. The molecule has 1 aliphatic rings. The van der Waals surface area contributed by atoms with Crippen molar-refractivity contribution in [3.63, 3.8) is 0 Å². The zero-order valence-electron chi connectivity index (χ0n) is 9.55. The van der Waals surface area contributed by atoms with Gasteiger partial charge in [-0.05, 0) is 30.4 Å². The van der Waals surface area contributed by atoms with Gasteiger partial charge in [0.25, 0.3) is 0 Å². The fraction of sp³-hybridized carbons (Fsp3) is 0.462. The summed E-state index contributed by atoms with van der Waals surface area (Å²) in [5, 5.41) is 2.97. The van der Waals surface area contributed by atoms with E-state index in [2.05, 4.69) is 32.2 Å². The van der Waals surface area contributed by atoms with Crippen molar-refractivity contribution in [2.45, 2.75) is 39.0 Å². The van der Waals surface area contributed by atoms with Crippen molar-refractivity contribution in [3.05, 3.63) is 29.3 Å². The van der Waals surface area contributed by atoms with Crippen molar-refractivity contribution >= 4 is 11.6 Å². The van der Waals surface area contributed by atoms with Gasteiger partial charge in [-0.25, -0.2) is 0 Å². The van der Waals surface area contributed by atoms with Crippen molar-refractivity contribution in [2.24, 2.45) is 0 Å². The number of carbonyl (C=O) groups is 1. The number of fused-ring (bicyclic) bond motifs is 1. The molecule has 1 N–H and O–H groups in total. The lowest BCUT2D eigenvalue weighted by Crippen LogP contribution is -2.16. The topological polar surface area (TPSA) is 29.1 Å². The number of hydrogen-bond donors (Lipinski definition) is 1. The molecule has 0 fully saturated rings. The van der Waals surface area contributed by atoms with E-state index in [1.165, 1.54) is 11.1 Å². The first-order valence-corrected chi connectivity index (χ1v) is 5.40. The quantitative estimate of drug-likeness (QED) is 0.690. The average molecular weight is 203 g/mol. The van der Waals surface area contributed by atoms with Crippen LogP contribution in [0.5, 0.6) is 0 Å². The van der Waals surface area contributed by atoms with Gasteiger partial charge in [-0.3, -0.25) is 4.79 Å². The van der Waals surface area contributed by atoms with Crippen LogP contribution >= 0.6 is 0 Å². The number of carbonyl (C=O) groups excluding carboxylic acids is 1. The molecule has 1 aliphatic heterocycles. The minimum Gasteiger partial charge on any atom is -0.326 e. The van der Waals surface area contributed by atoms with Gasteiger partial charge in [0.2, 0.25) is 5.91 Å². The van der Waals surface area contributed by atoms with E-state index in [9.17, 15) is 4.79 Å². The summed E-state index contributed by atoms with van der Waals surface area (Å²) in [5.74, 6) is 0.130. The molecule has 0 radical (unpaired) electrons. The molecule has 0 aromatic heterocycles. The van der Waals surface area contributed by atoms with Crippen LogP contribution in [0.2, 0.25) is 0 Å². The molecule has 0 saturated heterocycles. The molecule has 0 spiro atoms. The molecule has 1 heterocycles. The van der Waals surface area contributed by atoms with E-state index in [1.54, 1.807) is 0 Å². The molecule has 1 aromatic rings. The highest BCUT2D eigenvalue weighted by atomic mass is 16.1. The number of nitrogens with one attached hydrogen (secondary N) is 1. The van der Waals surface area contributed by atoms with Crippen LogP contribution in [0.25, 0.3) is 0 Å². The van der Waals surface area contributed by atoms with Crippen molar-refractivity contribution in [1.29, 1.82) is 0 Å². The standard InChI is InChI=1S/C13H17NO/c1-9-4-5-11-10(8-9)13(2,3)7-6-12(15)14-11/h4-5,8H,6-7H2,1-3H3,(H,14,15). The van der Waals surface area contributed by atoms with E-state index in [0.717, 1.165) is 12.1 Å². The lowest BCUT2D eigenvalue weighted by atomic mass is 9.80. The highest BCUT2D eigenvalue weighted by molar-refractivity contribution is 5.92. The maximum atomic E-state index is 11.5. The van der Waals surface area contributed by atoms with Crippen molar-refractivity contribution < 1.29 is 4.79 Å². The lowest BCUT2D eigenvalue weighted by Gasteiger charge is -2.24. The number of anilines is 1. The molecule has 2 rings (SSSR count). The van der Waals surface area contributed by atoms with Gasteiger partial charge in [-0.15, -0.1) is 0 Å². The normalized spacial score (nSPS) is 19.0. The average Bonchev–Trinajstić information content (AvgIpc) is 2.27. The first-order chi connectivity index (χ1) is 6.99. The molecule has 1 aromatic carbocycles. The van der Waals surface area contributed by atoms with Gasteiger partial charge < -0.3 is 5.32 Å². The number of aryl methyl sites for hydroxylation is 1. The van der Waals surface area contributed by atoms with Crippen molar-refractivity contribution in [3.8, 4) is 0 Å². The van der Waals surface area contributed by atoms with Gasteiger partial charge in [0.15, 0.2) is 0 Å². The molecule has 2 nitrogen and oxygen atoms in total. The highest BCUT2D eigenvalue weighted by Gasteiger charge is 2.28. The van der Waals surface area contributed by atoms with Crippen LogP contribution in [0.3, 0.4) is 0 Å². The number of rotatable bonds is 0. The molecule has 0 bridgehead atoms. The summed E-state index contributed by atoms with van der Waals surface area (Å²) in [4.78, 5) is 11.5. The third-order valence-electron chi connectivity index (χ3n) is 3.16. The first kappa shape index (κ1) is 10.2. The maximum absolute atomic E-state index is 11.5. The minimum absolute atomic E-state index is 0.0838. The zero-order chi connectivity index (χ0) is 11.1. The van der Waals surface area contributed by atoms with Crippen LogP contribution in [0.15, 0.2) is 18.2 Å². The zero-order valence-corrected chi connectivity index (χ0v) is 9.55. The van der Waals surface area contributed by atoms with Gasteiger partial charge in [0, 0.05) is 12.1 Å². The van der Waals surface area contributed by atoms with E-state index in [4.69, 9.17) is 0 Å². The van der Waals surface area contributed by atoms with Crippen molar-refractivity contribution in [1.82, 2.24) is 0 Å². The van der Waals surface area contributed by atoms with Gasteiger partial charge in [0.1, 0.15) is 0 Å². The summed E-state index contributed by atoms with van der Waals surface area (Å²) >= 11 is 0. The smallest absolute Gasteiger partial charge is 0.224 e.